The normalized spacial score (nSPS) is 15.4. The van der Waals surface area contributed by atoms with Gasteiger partial charge in [0.15, 0.2) is 5.60 Å². The monoisotopic (exact) mass is 298 g/mol. The number of pyridine rings is 2. The summed E-state index contributed by atoms with van der Waals surface area (Å²) in [6.07, 6.45) is 4.94. The molecule has 0 saturated heterocycles. The average Bonchev–Trinajstić information content (AvgIpc) is 3.34. The van der Waals surface area contributed by atoms with E-state index in [0.717, 1.165) is 35.4 Å². The van der Waals surface area contributed by atoms with Crippen molar-refractivity contribution in [3.05, 3.63) is 47.8 Å². The number of carbonyl (C=O) groups excluding carboxylic acids is 1. The highest BCUT2D eigenvalue weighted by Gasteiger charge is 2.52. The number of rotatable bonds is 5. The van der Waals surface area contributed by atoms with Gasteiger partial charge in [0.05, 0.1) is 25.1 Å². The first-order chi connectivity index (χ1) is 10.6. The fraction of sp³-hybridized carbons (Fsp3) is 0.353. The number of ether oxygens (including phenoxy) is 2. The topological polar surface area (TPSA) is 61.3 Å². The van der Waals surface area contributed by atoms with Gasteiger partial charge in [0, 0.05) is 12.4 Å². The molecule has 0 amide bonds. The number of aryl methyl sites for hydroxylation is 1. The molecule has 2 aromatic rings. The van der Waals surface area contributed by atoms with E-state index in [2.05, 4.69) is 9.97 Å². The van der Waals surface area contributed by atoms with Crippen LogP contribution in [-0.4, -0.2) is 28.6 Å². The van der Waals surface area contributed by atoms with Crippen molar-refractivity contribution >= 4 is 5.97 Å². The van der Waals surface area contributed by atoms with Crippen LogP contribution >= 0.6 is 0 Å². The van der Waals surface area contributed by atoms with E-state index in [1.165, 1.54) is 7.11 Å². The van der Waals surface area contributed by atoms with Gasteiger partial charge in [0.2, 0.25) is 0 Å². The minimum Gasteiger partial charge on any atom is -0.467 e. The van der Waals surface area contributed by atoms with E-state index in [0.29, 0.717) is 6.61 Å². The Hall–Kier alpha value is -2.27. The molecule has 5 nitrogen and oxygen atoms in total. The minimum absolute atomic E-state index is 0.290. The van der Waals surface area contributed by atoms with E-state index in [-0.39, 0.29) is 5.97 Å². The van der Waals surface area contributed by atoms with Crippen molar-refractivity contribution < 1.29 is 14.3 Å². The molecule has 22 heavy (non-hydrogen) atoms. The van der Waals surface area contributed by atoms with Crippen LogP contribution in [0, 0.1) is 6.92 Å². The Morgan fingerprint density at radius 3 is 2.50 bits per heavy atom. The lowest BCUT2D eigenvalue weighted by Gasteiger charge is -2.14. The molecule has 1 fully saturated rings. The zero-order chi connectivity index (χ0) is 15.6. The third-order valence-electron chi connectivity index (χ3n) is 3.78. The van der Waals surface area contributed by atoms with E-state index in [4.69, 9.17) is 9.47 Å². The molecule has 1 aliphatic rings. The van der Waals surface area contributed by atoms with Gasteiger partial charge in [-0.3, -0.25) is 9.97 Å². The number of carbonyl (C=O) groups is 1. The van der Waals surface area contributed by atoms with Gasteiger partial charge < -0.3 is 9.47 Å². The maximum atomic E-state index is 11.7. The zero-order valence-corrected chi connectivity index (χ0v) is 12.7. The van der Waals surface area contributed by atoms with Crippen LogP contribution in [0.25, 0.3) is 11.4 Å². The number of aromatic nitrogens is 2. The maximum absolute atomic E-state index is 11.7. The van der Waals surface area contributed by atoms with Crippen molar-refractivity contribution in [2.75, 3.05) is 7.11 Å². The standard InChI is InChI=1S/C17H18N2O3/c1-12-3-7-18-14(9-12)15-10-13(4-8-19-15)11-22-17(5-6-17)16(20)21-2/h3-4,7-10H,5-6,11H2,1-2H3. The molecular formula is C17H18N2O3. The van der Waals surface area contributed by atoms with Gasteiger partial charge in [-0.1, -0.05) is 0 Å². The molecule has 114 valence electrons. The molecule has 2 heterocycles. The van der Waals surface area contributed by atoms with Crippen molar-refractivity contribution in [2.24, 2.45) is 0 Å². The van der Waals surface area contributed by atoms with Crippen molar-refractivity contribution in [1.29, 1.82) is 0 Å². The van der Waals surface area contributed by atoms with Crippen LogP contribution in [0.15, 0.2) is 36.7 Å². The Kier molecular flexibility index (Phi) is 3.90. The molecule has 1 aliphatic carbocycles. The molecule has 1 saturated carbocycles. The molecule has 0 radical (unpaired) electrons. The van der Waals surface area contributed by atoms with Crippen LogP contribution in [0.4, 0.5) is 0 Å². The van der Waals surface area contributed by atoms with Gasteiger partial charge in [-0.05, 0) is 55.2 Å². The number of hydrogen-bond acceptors (Lipinski definition) is 5. The predicted molar refractivity (Wildman–Crippen MR) is 81.0 cm³/mol. The SMILES string of the molecule is COC(=O)C1(OCc2ccnc(-c3cc(C)ccn3)c2)CC1. The van der Waals surface area contributed by atoms with Crippen LogP contribution < -0.4 is 0 Å². The number of methoxy groups -OCH3 is 1. The highest BCUT2D eigenvalue weighted by molar-refractivity contribution is 5.82. The van der Waals surface area contributed by atoms with Gasteiger partial charge in [0.1, 0.15) is 0 Å². The third-order valence-corrected chi connectivity index (χ3v) is 3.78. The van der Waals surface area contributed by atoms with Crippen LogP contribution in [0.5, 0.6) is 0 Å². The molecule has 0 atom stereocenters. The van der Waals surface area contributed by atoms with E-state index in [9.17, 15) is 4.79 Å². The maximum Gasteiger partial charge on any atom is 0.338 e. The minimum atomic E-state index is -0.736. The summed E-state index contributed by atoms with van der Waals surface area (Å²) in [4.78, 5) is 20.4. The number of esters is 1. The highest BCUT2D eigenvalue weighted by Crippen LogP contribution is 2.41. The number of hydrogen-bond donors (Lipinski definition) is 0. The quantitative estimate of drug-likeness (QED) is 0.794. The largest absolute Gasteiger partial charge is 0.467 e. The van der Waals surface area contributed by atoms with Crippen LogP contribution in [0.2, 0.25) is 0 Å². The molecule has 0 spiro atoms. The second-order valence-corrected chi connectivity index (χ2v) is 5.54. The fourth-order valence-electron chi connectivity index (χ4n) is 2.31. The summed E-state index contributed by atoms with van der Waals surface area (Å²) in [5, 5.41) is 0. The molecule has 3 rings (SSSR count). The van der Waals surface area contributed by atoms with Crippen molar-refractivity contribution in [1.82, 2.24) is 9.97 Å². The lowest BCUT2D eigenvalue weighted by atomic mass is 10.1. The predicted octanol–water partition coefficient (Wildman–Crippen LogP) is 2.67. The molecule has 2 aromatic heterocycles. The second kappa shape index (κ2) is 5.85. The smallest absolute Gasteiger partial charge is 0.338 e. The average molecular weight is 298 g/mol. The van der Waals surface area contributed by atoms with E-state index in [1.807, 2.05) is 31.2 Å². The Morgan fingerprint density at radius 1 is 1.18 bits per heavy atom. The van der Waals surface area contributed by atoms with Crippen LogP contribution in [0.3, 0.4) is 0 Å². The summed E-state index contributed by atoms with van der Waals surface area (Å²) in [5.74, 6) is -0.290. The summed E-state index contributed by atoms with van der Waals surface area (Å²) in [7, 11) is 1.39. The summed E-state index contributed by atoms with van der Waals surface area (Å²) < 4.78 is 10.6. The molecule has 0 unspecified atom stereocenters. The first-order valence-electron chi connectivity index (χ1n) is 7.23. The first-order valence-corrected chi connectivity index (χ1v) is 7.23. The Bertz CT molecular complexity index is 696. The molecule has 5 heteroatoms. The van der Waals surface area contributed by atoms with Crippen molar-refractivity contribution in [3.8, 4) is 11.4 Å². The summed E-state index contributed by atoms with van der Waals surface area (Å²) in [5.41, 5.74) is 2.99. The molecule has 0 N–H and O–H groups in total. The highest BCUT2D eigenvalue weighted by atomic mass is 16.6. The summed E-state index contributed by atoms with van der Waals surface area (Å²) >= 11 is 0. The lowest BCUT2D eigenvalue weighted by Crippen LogP contribution is -2.27. The van der Waals surface area contributed by atoms with E-state index < -0.39 is 5.60 Å². The zero-order valence-electron chi connectivity index (χ0n) is 12.7. The Balaban J connectivity index is 1.74. The third kappa shape index (κ3) is 2.99. The van der Waals surface area contributed by atoms with Crippen LogP contribution in [-0.2, 0) is 20.9 Å². The van der Waals surface area contributed by atoms with E-state index >= 15 is 0 Å². The van der Waals surface area contributed by atoms with Crippen molar-refractivity contribution in [3.63, 3.8) is 0 Å². The fourth-order valence-corrected chi connectivity index (χ4v) is 2.31. The molecular weight excluding hydrogens is 280 g/mol. The van der Waals surface area contributed by atoms with Crippen LogP contribution in [0.1, 0.15) is 24.0 Å². The van der Waals surface area contributed by atoms with Gasteiger partial charge in [-0.25, -0.2) is 4.79 Å². The second-order valence-electron chi connectivity index (χ2n) is 5.54. The molecule has 0 aliphatic heterocycles. The number of nitrogens with zero attached hydrogens (tertiary/aromatic N) is 2. The van der Waals surface area contributed by atoms with Gasteiger partial charge in [-0.15, -0.1) is 0 Å². The first kappa shape index (κ1) is 14.7. The molecule has 0 aromatic carbocycles. The van der Waals surface area contributed by atoms with Gasteiger partial charge >= 0.3 is 5.97 Å². The van der Waals surface area contributed by atoms with Gasteiger partial charge in [0.25, 0.3) is 0 Å². The lowest BCUT2D eigenvalue weighted by molar-refractivity contribution is -0.158. The van der Waals surface area contributed by atoms with Crippen molar-refractivity contribution in [2.45, 2.75) is 32.0 Å². The summed E-state index contributed by atoms with van der Waals surface area (Å²) in [6, 6.07) is 7.76. The van der Waals surface area contributed by atoms with Gasteiger partial charge in [-0.2, -0.15) is 0 Å². The summed E-state index contributed by atoms with van der Waals surface area (Å²) in [6.45, 7) is 2.38. The molecule has 0 bridgehead atoms. The Labute approximate surface area is 129 Å². The van der Waals surface area contributed by atoms with E-state index in [1.54, 1.807) is 12.4 Å². The Morgan fingerprint density at radius 2 is 1.86 bits per heavy atom.